The molecule has 1 heterocycles. The zero-order chi connectivity index (χ0) is 17.6. The predicted octanol–water partition coefficient (Wildman–Crippen LogP) is 3.46. The Balaban J connectivity index is 1.73. The van der Waals surface area contributed by atoms with Gasteiger partial charge in [-0.2, -0.15) is 10.1 Å². The highest BCUT2D eigenvalue weighted by atomic mass is 19.1. The van der Waals surface area contributed by atoms with Gasteiger partial charge in [0.15, 0.2) is 5.82 Å². The number of anilines is 5. The Morgan fingerprint density at radius 2 is 1.76 bits per heavy atom. The Labute approximate surface area is 143 Å². The standard InChI is InChI=1S/C17H15FN6O/c1-11(25)20-14-3-2-4-15(9-14)22-17-23-16(10-19-24-17)21-13-7-5-12(18)6-8-13/h2-10H,1H3,(H,20,25)(H2,21,22,23,24). The number of halogens is 1. The number of benzene rings is 2. The lowest BCUT2D eigenvalue weighted by Gasteiger charge is -2.09. The van der Waals surface area contributed by atoms with Crippen molar-refractivity contribution < 1.29 is 9.18 Å². The largest absolute Gasteiger partial charge is 0.339 e. The van der Waals surface area contributed by atoms with Crippen LogP contribution >= 0.6 is 0 Å². The van der Waals surface area contributed by atoms with E-state index in [9.17, 15) is 9.18 Å². The summed E-state index contributed by atoms with van der Waals surface area (Å²) >= 11 is 0. The minimum absolute atomic E-state index is 0.152. The molecule has 126 valence electrons. The third kappa shape index (κ3) is 4.71. The highest BCUT2D eigenvalue weighted by Crippen LogP contribution is 2.19. The molecule has 0 fully saturated rings. The molecule has 0 unspecified atom stereocenters. The topological polar surface area (TPSA) is 91.8 Å². The van der Waals surface area contributed by atoms with Crippen LogP contribution in [0.15, 0.2) is 54.7 Å². The molecule has 0 bridgehead atoms. The van der Waals surface area contributed by atoms with Crippen molar-refractivity contribution in [3.8, 4) is 0 Å². The lowest BCUT2D eigenvalue weighted by molar-refractivity contribution is -0.114. The molecule has 0 saturated carbocycles. The smallest absolute Gasteiger partial charge is 0.249 e. The van der Waals surface area contributed by atoms with Gasteiger partial charge in [0.25, 0.3) is 0 Å². The van der Waals surface area contributed by atoms with Crippen molar-refractivity contribution >= 4 is 34.7 Å². The molecule has 0 aliphatic rings. The molecule has 0 aliphatic carbocycles. The summed E-state index contributed by atoms with van der Waals surface area (Å²) in [5.74, 6) is 0.280. The average Bonchev–Trinajstić information content (AvgIpc) is 2.57. The van der Waals surface area contributed by atoms with Gasteiger partial charge < -0.3 is 16.0 Å². The number of rotatable bonds is 5. The first-order valence-corrected chi connectivity index (χ1v) is 7.45. The van der Waals surface area contributed by atoms with Crippen LogP contribution in [0.25, 0.3) is 0 Å². The van der Waals surface area contributed by atoms with Crippen LogP contribution in [0, 0.1) is 5.82 Å². The molecule has 0 atom stereocenters. The first kappa shape index (κ1) is 16.3. The van der Waals surface area contributed by atoms with E-state index in [2.05, 4.69) is 31.1 Å². The van der Waals surface area contributed by atoms with Crippen LogP contribution in [0.1, 0.15) is 6.92 Å². The van der Waals surface area contributed by atoms with Crippen LogP contribution in [0.5, 0.6) is 0 Å². The second kappa shape index (κ2) is 7.35. The fourth-order valence-electron chi connectivity index (χ4n) is 2.10. The minimum atomic E-state index is -0.312. The molecule has 7 nitrogen and oxygen atoms in total. The Bertz CT molecular complexity index is 884. The van der Waals surface area contributed by atoms with Gasteiger partial charge >= 0.3 is 0 Å². The minimum Gasteiger partial charge on any atom is -0.339 e. The lowest BCUT2D eigenvalue weighted by Crippen LogP contribution is -2.06. The lowest BCUT2D eigenvalue weighted by atomic mass is 10.3. The van der Waals surface area contributed by atoms with Crippen molar-refractivity contribution in [1.82, 2.24) is 15.2 Å². The highest BCUT2D eigenvalue weighted by molar-refractivity contribution is 5.89. The molecule has 3 rings (SSSR count). The summed E-state index contributed by atoms with van der Waals surface area (Å²) in [5.41, 5.74) is 2.04. The van der Waals surface area contributed by atoms with Crippen molar-refractivity contribution in [2.75, 3.05) is 16.0 Å². The van der Waals surface area contributed by atoms with Gasteiger partial charge in [-0.25, -0.2) is 4.39 Å². The van der Waals surface area contributed by atoms with Gasteiger partial charge in [-0.1, -0.05) is 6.07 Å². The van der Waals surface area contributed by atoms with Crippen molar-refractivity contribution in [3.63, 3.8) is 0 Å². The summed E-state index contributed by atoms with van der Waals surface area (Å²) in [6.45, 7) is 1.44. The fraction of sp³-hybridized carbons (Fsp3) is 0.0588. The molecule has 0 aliphatic heterocycles. The third-order valence-electron chi connectivity index (χ3n) is 3.11. The van der Waals surface area contributed by atoms with Crippen LogP contribution in [0.2, 0.25) is 0 Å². The van der Waals surface area contributed by atoms with E-state index in [0.717, 1.165) is 0 Å². The van der Waals surface area contributed by atoms with Gasteiger partial charge in [0.2, 0.25) is 11.9 Å². The van der Waals surface area contributed by atoms with Crippen molar-refractivity contribution in [2.24, 2.45) is 0 Å². The second-order valence-corrected chi connectivity index (χ2v) is 5.18. The summed E-state index contributed by atoms with van der Waals surface area (Å²) < 4.78 is 12.9. The average molecular weight is 338 g/mol. The number of aromatic nitrogens is 3. The van der Waals surface area contributed by atoms with Crippen LogP contribution < -0.4 is 16.0 Å². The van der Waals surface area contributed by atoms with Crippen molar-refractivity contribution in [3.05, 3.63) is 60.5 Å². The molecule has 0 radical (unpaired) electrons. The second-order valence-electron chi connectivity index (χ2n) is 5.18. The first-order valence-electron chi connectivity index (χ1n) is 7.45. The van der Waals surface area contributed by atoms with Crippen molar-refractivity contribution in [1.29, 1.82) is 0 Å². The van der Waals surface area contributed by atoms with E-state index in [1.165, 1.54) is 25.3 Å². The molecule has 0 spiro atoms. The molecular weight excluding hydrogens is 323 g/mol. The molecule has 3 N–H and O–H groups in total. The van der Waals surface area contributed by atoms with E-state index in [0.29, 0.717) is 22.9 Å². The van der Waals surface area contributed by atoms with Crippen LogP contribution in [0.4, 0.5) is 33.2 Å². The molecule has 1 amide bonds. The molecule has 25 heavy (non-hydrogen) atoms. The van der Waals surface area contributed by atoms with Gasteiger partial charge in [0.1, 0.15) is 5.82 Å². The molecule has 3 aromatic rings. The summed E-state index contributed by atoms with van der Waals surface area (Å²) in [4.78, 5) is 15.4. The zero-order valence-electron chi connectivity index (χ0n) is 13.3. The summed E-state index contributed by atoms with van der Waals surface area (Å²) in [7, 11) is 0. The maximum absolute atomic E-state index is 12.9. The summed E-state index contributed by atoms with van der Waals surface area (Å²) in [6.07, 6.45) is 1.46. The monoisotopic (exact) mass is 338 g/mol. The van der Waals surface area contributed by atoms with E-state index in [-0.39, 0.29) is 17.7 Å². The predicted molar refractivity (Wildman–Crippen MR) is 93.5 cm³/mol. The normalized spacial score (nSPS) is 10.2. The van der Waals surface area contributed by atoms with E-state index in [1.807, 2.05) is 6.07 Å². The van der Waals surface area contributed by atoms with Crippen LogP contribution in [-0.4, -0.2) is 21.1 Å². The zero-order valence-corrected chi connectivity index (χ0v) is 13.3. The van der Waals surface area contributed by atoms with E-state index in [1.54, 1.807) is 30.3 Å². The van der Waals surface area contributed by atoms with Gasteiger partial charge in [0, 0.05) is 24.0 Å². The van der Waals surface area contributed by atoms with Gasteiger partial charge in [-0.3, -0.25) is 4.79 Å². The number of amides is 1. The number of carbonyl (C=O) groups is 1. The Kier molecular flexibility index (Phi) is 4.79. The maximum Gasteiger partial charge on any atom is 0.249 e. The number of hydrogen-bond donors (Lipinski definition) is 3. The van der Waals surface area contributed by atoms with E-state index >= 15 is 0 Å². The van der Waals surface area contributed by atoms with Gasteiger partial charge in [0.05, 0.1) is 6.20 Å². The summed E-state index contributed by atoms with van der Waals surface area (Å²) in [6, 6.07) is 13.0. The molecule has 8 heteroatoms. The van der Waals surface area contributed by atoms with Crippen LogP contribution in [-0.2, 0) is 4.79 Å². The first-order chi connectivity index (χ1) is 12.1. The Morgan fingerprint density at radius 1 is 1.00 bits per heavy atom. The third-order valence-corrected chi connectivity index (χ3v) is 3.11. The van der Waals surface area contributed by atoms with Gasteiger partial charge in [-0.15, -0.1) is 5.10 Å². The number of carbonyl (C=O) groups excluding carboxylic acids is 1. The Hall–Kier alpha value is -3.55. The van der Waals surface area contributed by atoms with Crippen molar-refractivity contribution in [2.45, 2.75) is 6.92 Å². The number of nitrogens with one attached hydrogen (secondary N) is 3. The molecule has 1 aromatic heterocycles. The fourth-order valence-corrected chi connectivity index (χ4v) is 2.10. The highest BCUT2D eigenvalue weighted by Gasteiger charge is 2.04. The Morgan fingerprint density at radius 3 is 2.52 bits per heavy atom. The molecule has 2 aromatic carbocycles. The van der Waals surface area contributed by atoms with Crippen LogP contribution in [0.3, 0.4) is 0 Å². The summed E-state index contributed by atoms with van der Waals surface area (Å²) in [5, 5.41) is 16.5. The molecular formula is C17H15FN6O. The van der Waals surface area contributed by atoms with E-state index in [4.69, 9.17) is 0 Å². The maximum atomic E-state index is 12.9. The SMILES string of the molecule is CC(=O)Nc1cccc(Nc2nncc(Nc3ccc(F)cc3)n2)c1. The number of nitrogens with zero attached hydrogens (tertiary/aromatic N) is 3. The molecule has 0 saturated heterocycles. The van der Waals surface area contributed by atoms with E-state index < -0.39 is 0 Å². The van der Waals surface area contributed by atoms with Gasteiger partial charge in [-0.05, 0) is 42.5 Å². The number of hydrogen-bond acceptors (Lipinski definition) is 6. The quantitative estimate of drug-likeness (QED) is 0.660.